The van der Waals surface area contributed by atoms with Crippen molar-refractivity contribution >= 4 is 11.6 Å². The van der Waals surface area contributed by atoms with Crippen molar-refractivity contribution in [1.82, 2.24) is 15.1 Å². The van der Waals surface area contributed by atoms with Crippen molar-refractivity contribution in [2.24, 2.45) is 0 Å². The molecule has 1 fully saturated rings. The maximum Gasteiger partial charge on any atom is 0.222 e. The van der Waals surface area contributed by atoms with Gasteiger partial charge in [-0.1, -0.05) is 0 Å². The summed E-state index contributed by atoms with van der Waals surface area (Å²) in [5.41, 5.74) is 0.999. The van der Waals surface area contributed by atoms with E-state index in [9.17, 15) is 4.79 Å². The number of aromatic nitrogens is 2. The van der Waals surface area contributed by atoms with Gasteiger partial charge >= 0.3 is 0 Å². The van der Waals surface area contributed by atoms with Gasteiger partial charge in [0.25, 0.3) is 0 Å². The Kier molecular flexibility index (Phi) is 3.66. The molecule has 94 valence electrons. The lowest BCUT2D eigenvalue weighted by Gasteiger charge is -2.14. The van der Waals surface area contributed by atoms with Crippen LogP contribution in [0.4, 0.5) is 5.69 Å². The van der Waals surface area contributed by atoms with Gasteiger partial charge in [-0.3, -0.25) is 9.48 Å². The summed E-state index contributed by atoms with van der Waals surface area (Å²) in [5, 5.41) is 10.5. The zero-order chi connectivity index (χ0) is 12.3. The molecule has 0 saturated carbocycles. The molecule has 0 aromatic carbocycles. The molecule has 1 aliphatic rings. The van der Waals surface area contributed by atoms with Gasteiger partial charge in [0.1, 0.15) is 0 Å². The molecule has 0 radical (unpaired) electrons. The molecule has 1 saturated heterocycles. The lowest BCUT2D eigenvalue weighted by atomic mass is 10.1. The topological polar surface area (TPSA) is 59.0 Å². The van der Waals surface area contributed by atoms with Crippen LogP contribution in [0.1, 0.15) is 39.2 Å². The average molecular weight is 236 g/mol. The van der Waals surface area contributed by atoms with Crippen molar-refractivity contribution in [1.29, 1.82) is 0 Å². The van der Waals surface area contributed by atoms with Crippen molar-refractivity contribution in [2.75, 3.05) is 11.9 Å². The highest BCUT2D eigenvalue weighted by molar-refractivity contribution is 5.77. The molecule has 5 nitrogen and oxygen atoms in total. The normalized spacial score (nSPS) is 21.1. The largest absolute Gasteiger partial charge is 0.379 e. The predicted molar refractivity (Wildman–Crippen MR) is 66.9 cm³/mol. The molecule has 1 aromatic heterocycles. The zero-order valence-electron chi connectivity index (χ0n) is 10.4. The van der Waals surface area contributed by atoms with Crippen LogP contribution in [-0.4, -0.2) is 28.3 Å². The Hall–Kier alpha value is -1.52. The van der Waals surface area contributed by atoms with E-state index in [1.54, 1.807) is 0 Å². The molecule has 0 aliphatic carbocycles. The van der Waals surface area contributed by atoms with Crippen LogP contribution in [0.5, 0.6) is 0 Å². The van der Waals surface area contributed by atoms with Gasteiger partial charge in [-0.05, 0) is 26.7 Å². The van der Waals surface area contributed by atoms with Gasteiger partial charge in [0.05, 0.1) is 11.9 Å². The summed E-state index contributed by atoms with van der Waals surface area (Å²) in [5.74, 6) is 0.135. The minimum Gasteiger partial charge on any atom is -0.379 e. The van der Waals surface area contributed by atoms with Crippen molar-refractivity contribution in [3.8, 4) is 0 Å². The van der Waals surface area contributed by atoms with E-state index < -0.39 is 0 Å². The Morgan fingerprint density at radius 2 is 2.41 bits per heavy atom. The van der Waals surface area contributed by atoms with Crippen LogP contribution < -0.4 is 10.6 Å². The first-order valence-electron chi connectivity index (χ1n) is 6.22. The van der Waals surface area contributed by atoms with Crippen LogP contribution in [-0.2, 0) is 4.79 Å². The van der Waals surface area contributed by atoms with Crippen LogP contribution in [0, 0.1) is 0 Å². The second kappa shape index (κ2) is 5.21. The molecule has 1 amide bonds. The minimum atomic E-state index is 0.135. The highest BCUT2D eigenvalue weighted by Gasteiger charge is 2.17. The number of nitrogens with one attached hydrogen (secondary N) is 2. The summed E-state index contributed by atoms with van der Waals surface area (Å²) >= 11 is 0. The number of carbonyl (C=O) groups excluding carboxylic acids is 1. The SMILES string of the molecule is CC(C)n1cc(NC2CCCNC(=O)C2)cn1. The molecule has 2 N–H and O–H groups in total. The van der Waals surface area contributed by atoms with Gasteiger partial charge in [-0.2, -0.15) is 5.10 Å². The smallest absolute Gasteiger partial charge is 0.222 e. The van der Waals surface area contributed by atoms with E-state index >= 15 is 0 Å². The first-order chi connectivity index (χ1) is 8.15. The molecular formula is C12H20N4O. The Balaban J connectivity index is 1.96. The van der Waals surface area contributed by atoms with E-state index in [4.69, 9.17) is 0 Å². The molecule has 2 heterocycles. The van der Waals surface area contributed by atoms with Crippen LogP contribution >= 0.6 is 0 Å². The molecule has 2 rings (SSSR count). The van der Waals surface area contributed by atoms with Crippen LogP contribution in [0.25, 0.3) is 0 Å². The number of hydrogen-bond acceptors (Lipinski definition) is 3. The molecule has 17 heavy (non-hydrogen) atoms. The van der Waals surface area contributed by atoms with E-state index in [-0.39, 0.29) is 11.9 Å². The second-order valence-electron chi connectivity index (χ2n) is 4.84. The standard InChI is InChI=1S/C12H20N4O/c1-9(2)16-8-11(7-14-16)15-10-4-3-5-13-12(17)6-10/h7-10,15H,3-6H2,1-2H3,(H,13,17). The number of carbonyl (C=O) groups is 1. The van der Waals surface area contributed by atoms with Gasteiger partial charge in [0.2, 0.25) is 5.91 Å². The highest BCUT2D eigenvalue weighted by Crippen LogP contribution is 2.15. The molecular weight excluding hydrogens is 216 g/mol. The quantitative estimate of drug-likeness (QED) is 0.837. The Bertz CT molecular complexity index is 386. The van der Waals surface area contributed by atoms with Crippen molar-refractivity contribution in [3.63, 3.8) is 0 Å². The molecule has 1 aliphatic heterocycles. The average Bonchev–Trinajstić information content (AvgIpc) is 2.63. The third kappa shape index (κ3) is 3.22. The molecule has 0 bridgehead atoms. The predicted octanol–water partition coefficient (Wildman–Crippen LogP) is 1.54. The van der Waals surface area contributed by atoms with Crippen LogP contribution in [0.2, 0.25) is 0 Å². The first-order valence-corrected chi connectivity index (χ1v) is 6.22. The lowest BCUT2D eigenvalue weighted by Crippen LogP contribution is -2.26. The molecule has 1 atom stereocenters. The summed E-state index contributed by atoms with van der Waals surface area (Å²) in [6.07, 6.45) is 6.41. The maximum absolute atomic E-state index is 11.4. The van der Waals surface area contributed by atoms with E-state index in [0.717, 1.165) is 25.1 Å². The lowest BCUT2D eigenvalue weighted by molar-refractivity contribution is -0.120. The third-order valence-electron chi connectivity index (χ3n) is 2.98. The van der Waals surface area contributed by atoms with E-state index in [2.05, 4.69) is 29.6 Å². The van der Waals surface area contributed by atoms with E-state index in [1.807, 2.05) is 17.1 Å². The van der Waals surface area contributed by atoms with Gasteiger partial charge in [-0.25, -0.2) is 0 Å². The van der Waals surface area contributed by atoms with E-state index in [1.165, 1.54) is 0 Å². The molecule has 1 aromatic rings. The monoisotopic (exact) mass is 236 g/mol. The fourth-order valence-electron chi connectivity index (χ4n) is 2.03. The summed E-state index contributed by atoms with van der Waals surface area (Å²) in [7, 11) is 0. The Labute approximate surface area is 102 Å². The number of anilines is 1. The number of amides is 1. The van der Waals surface area contributed by atoms with Gasteiger partial charge in [-0.15, -0.1) is 0 Å². The number of nitrogens with zero attached hydrogens (tertiary/aromatic N) is 2. The Morgan fingerprint density at radius 3 is 3.12 bits per heavy atom. The van der Waals surface area contributed by atoms with E-state index in [0.29, 0.717) is 12.5 Å². The summed E-state index contributed by atoms with van der Waals surface area (Å²) in [4.78, 5) is 11.4. The second-order valence-corrected chi connectivity index (χ2v) is 4.84. The third-order valence-corrected chi connectivity index (χ3v) is 2.98. The van der Waals surface area contributed by atoms with Crippen LogP contribution in [0.3, 0.4) is 0 Å². The number of hydrogen-bond donors (Lipinski definition) is 2. The Morgan fingerprint density at radius 1 is 1.59 bits per heavy atom. The van der Waals surface area contributed by atoms with Crippen molar-refractivity contribution in [2.45, 2.75) is 45.2 Å². The summed E-state index contributed by atoms with van der Waals surface area (Å²) in [6, 6.07) is 0.588. The minimum absolute atomic E-state index is 0.135. The summed E-state index contributed by atoms with van der Waals surface area (Å²) < 4.78 is 1.92. The highest BCUT2D eigenvalue weighted by atomic mass is 16.1. The first kappa shape index (κ1) is 12.0. The molecule has 1 unspecified atom stereocenters. The zero-order valence-corrected chi connectivity index (χ0v) is 10.4. The molecule has 5 heteroatoms. The van der Waals surface area contributed by atoms with Gasteiger partial charge in [0.15, 0.2) is 0 Å². The fourth-order valence-corrected chi connectivity index (χ4v) is 2.03. The fraction of sp³-hybridized carbons (Fsp3) is 0.667. The maximum atomic E-state index is 11.4. The van der Waals surface area contributed by atoms with Crippen molar-refractivity contribution < 1.29 is 4.79 Å². The van der Waals surface area contributed by atoms with Crippen LogP contribution in [0.15, 0.2) is 12.4 Å². The summed E-state index contributed by atoms with van der Waals surface area (Å²) in [6.45, 7) is 4.98. The van der Waals surface area contributed by atoms with Crippen molar-refractivity contribution in [3.05, 3.63) is 12.4 Å². The van der Waals surface area contributed by atoms with Gasteiger partial charge in [0, 0.05) is 31.2 Å². The molecule has 0 spiro atoms. The van der Waals surface area contributed by atoms with Gasteiger partial charge < -0.3 is 10.6 Å². The number of rotatable bonds is 3.